The van der Waals surface area contributed by atoms with E-state index in [4.69, 9.17) is 5.11 Å². The van der Waals surface area contributed by atoms with Crippen LogP contribution in [0.5, 0.6) is 0 Å². The third-order valence-corrected chi connectivity index (χ3v) is 4.13. The predicted octanol–water partition coefficient (Wildman–Crippen LogP) is 4.01. The van der Waals surface area contributed by atoms with Crippen molar-refractivity contribution in [3.8, 4) is 0 Å². The smallest absolute Gasteiger partial charge is 0.277 e. The molecular formula is C19H21F3N2O3. The molecule has 0 aromatic heterocycles. The van der Waals surface area contributed by atoms with E-state index in [9.17, 15) is 18.0 Å². The summed E-state index contributed by atoms with van der Waals surface area (Å²) < 4.78 is 42.3. The van der Waals surface area contributed by atoms with Crippen LogP contribution in [0.15, 0.2) is 30.3 Å². The van der Waals surface area contributed by atoms with Crippen LogP contribution in [0, 0.1) is 17.5 Å². The molecule has 2 rings (SSSR count). The van der Waals surface area contributed by atoms with Crippen molar-refractivity contribution in [2.24, 2.45) is 0 Å². The van der Waals surface area contributed by atoms with Gasteiger partial charge in [-0.05, 0) is 42.2 Å². The Bertz CT molecular complexity index is 815. The standard InChI is InChI=1S/C19H21F3N2O3/c1-3-11(2)12-4-7-16(15(21)10-12)23-18-13(5-6-14(20)17(18)22)19(26)24-27-9-8-25/h4-7,10-11,23,25H,3,8-9H2,1-2H3,(H,24,26). The van der Waals surface area contributed by atoms with Crippen LogP contribution in [0.4, 0.5) is 24.5 Å². The third-order valence-electron chi connectivity index (χ3n) is 4.13. The zero-order valence-electron chi connectivity index (χ0n) is 15.0. The number of aliphatic hydroxyl groups excluding tert-OH is 1. The maximum absolute atomic E-state index is 14.4. The third kappa shape index (κ3) is 4.99. The Morgan fingerprint density at radius 3 is 2.56 bits per heavy atom. The summed E-state index contributed by atoms with van der Waals surface area (Å²) in [6.07, 6.45) is 0.822. The van der Waals surface area contributed by atoms with E-state index in [2.05, 4.69) is 10.2 Å². The predicted molar refractivity (Wildman–Crippen MR) is 95.3 cm³/mol. The van der Waals surface area contributed by atoms with Crippen LogP contribution in [0.1, 0.15) is 42.1 Å². The van der Waals surface area contributed by atoms with Crippen LogP contribution < -0.4 is 10.8 Å². The van der Waals surface area contributed by atoms with Crippen LogP contribution in [-0.2, 0) is 4.84 Å². The molecule has 1 amide bonds. The van der Waals surface area contributed by atoms with E-state index in [1.165, 1.54) is 12.1 Å². The Morgan fingerprint density at radius 1 is 1.19 bits per heavy atom. The number of benzene rings is 2. The van der Waals surface area contributed by atoms with Crippen molar-refractivity contribution < 1.29 is 27.9 Å². The summed E-state index contributed by atoms with van der Waals surface area (Å²) in [7, 11) is 0. The maximum Gasteiger partial charge on any atom is 0.277 e. The first-order chi connectivity index (χ1) is 12.9. The lowest BCUT2D eigenvalue weighted by Crippen LogP contribution is -2.26. The van der Waals surface area contributed by atoms with E-state index in [1.54, 1.807) is 6.07 Å². The second-order valence-electron chi connectivity index (χ2n) is 5.96. The molecule has 0 saturated carbocycles. The van der Waals surface area contributed by atoms with Crippen molar-refractivity contribution in [1.29, 1.82) is 0 Å². The molecule has 0 saturated heterocycles. The van der Waals surface area contributed by atoms with Crippen molar-refractivity contribution in [2.45, 2.75) is 26.2 Å². The average Bonchev–Trinajstić information content (AvgIpc) is 2.66. The van der Waals surface area contributed by atoms with Crippen molar-refractivity contribution in [3.05, 3.63) is 58.9 Å². The van der Waals surface area contributed by atoms with Gasteiger partial charge < -0.3 is 10.4 Å². The lowest BCUT2D eigenvalue weighted by Gasteiger charge is -2.15. The highest BCUT2D eigenvalue weighted by Gasteiger charge is 2.20. The van der Waals surface area contributed by atoms with Gasteiger partial charge in [-0.25, -0.2) is 18.7 Å². The highest BCUT2D eigenvalue weighted by Crippen LogP contribution is 2.30. The van der Waals surface area contributed by atoms with E-state index in [0.717, 1.165) is 24.1 Å². The van der Waals surface area contributed by atoms with E-state index < -0.39 is 29.0 Å². The maximum atomic E-state index is 14.4. The Balaban J connectivity index is 2.35. The Kier molecular flexibility index (Phi) is 7.20. The molecular weight excluding hydrogens is 361 g/mol. The normalized spacial score (nSPS) is 11.9. The summed E-state index contributed by atoms with van der Waals surface area (Å²) in [6, 6.07) is 6.23. The van der Waals surface area contributed by atoms with Crippen LogP contribution in [0.2, 0.25) is 0 Å². The number of hydrogen-bond donors (Lipinski definition) is 3. The quantitative estimate of drug-likeness (QED) is 0.477. The van der Waals surface area contributed by atoms with Gasteiger partial charge in [0.05, 0.1) is 30.2 Å². The summed E-state index contributed by atoms with van der Waals surface area (Å²) in [5.74, 6) is -3.90. The number of carbonyl (C=O) groups is 1. The minimum Gasteiger partial charge on any atom is -0.394 e. The highest BCUT2D eigenvalue weighted by molar-refractivity contribution is 5.99. The first-order valence-corrected chi connectivity index (χ1v) is 8.46. The van der Waals surface area contributed by atoms with Crippen LogP contribution in [-0.4, -0.2) is 24.2 Å². The van der Waals surface area contributed by atoms with Crippen molar-refractivity contribution in [3.63, 3.8) is 0 Å². The van der Waals surface area contributed by atoms with Gasteiger partial charge in [0.15, 0.2) is 11.6 Å². The van der Waals surface area contributed by atoms with Gasteiger partial charge in [0, 0.05) is 0 Å². The van der Waals surface area contributed by atoms with E-state index in [1.807, 2.05) is 19.3 Å². The van der Waals surface area contributed by atoms with Crippen molar-refractivity contribution in [1.82, 2.24) is 5.48 Å². The van der Waals surface area contributed by atoms with Crippen LogP contribution >= 0.6 is 0 Å². The van der Waals surface area contributed by atoms with Crippen LogP contribution in [0.3, 0.4) is 0 Å². The molecule has 0 spiro atoms. The SMILES string of the molecule is CCC(C)c1ccc(Nc2c(C(=O)NOCCO)ccc(F)c2F)c(F)c1. The fraction of sp³-hybridized carbons (Fsp3) is 0.316. The Morgan fingerprint density at radius 2 is 1.93 bits per heavy atom. The Labute approximate surface area is 155 Å². The molecule has 2 aromatic rings. The molecule has 3 N–H and O–H groups in total. The molecule has 146 valence electrons. The summed E-state index contributed by atoms with van der Waals surface area (Å²) >= 11 is 0. The van der Waals surface area contributed by atoms with Gasteiger partial charge in [0.1, 0.15) is 5.82 Å². The van der Waals surface area contributed by atoms with Crippen molar-refractivity contribution in [2.75, 3.05) is 18.5 Å². The molecule has 1 atom stereocenters. The molecule has 27 heavy (non-hydrogen) atoms. The monoisotopic (exact) mass is 382 g/mol. The zero-order chi connectivity index (χ0) is 20.0. The number of carbonyl (C=O) groups excluding carboxylic acids is 1. The molecule has 0 aliphatic rings. The number of rotatable bonds is 8. The average molecular weight is 382 g/mol. The van der Waals surface area contributed by atoms with E-state index >= 15 is 0 Å². The van der Waals surface area contributed by atoms with Gasteiger partial charge in [0.25, 0.3) is 5.91 Å². The van der Waals surface area contributed by atoms with E-state index in [-0.39, 0.29) is 30.4 Å². The molecule has 0 heterocycles. The van der Waals surface area contributed by atoms with Gasteiger partial charge in [0.2, 0.25) is 0 Å². The summed E-state index contributed by atoms with van der Waals surface area (Å²) in [4.78, 5) is 16.8. The van der Waals surface area contributed by atoms with Crippen molar-refractivity contribution >= 4 is 17.3 Å². The second kappa shape index (κ2) is 9.38. The molecule has 0 aliphatic heterocycles. The lowest BCUT2D eigenvalue weighted by molar-refractivity contribution is 0.0168. The fourth-order valence-corrected chi connectivity index (χ4v) is 2.39. The molecule has 8 heteroatoms. The first kappa shape index (κ1) is 20.7. The summed E-state index contributed by atoms with van der Waals surface area (Å²) in [6.45, 7) is 3.41. The molecule has 0 radical (unpaired) electrons. The number of hydroxylamine groups is 1. The number of hydrogen-bond acceptors (Lipinski definition) is 4. The number of halogens is 3. The summed E-state index contributed by atoms with van der Waals surface area (Å²) in [5.41, 5.74) is 1.87. The largest absolute Gasteiger partial charge is 0.394 e. The number of anilines is 2. The van der Waals surface area contributed by atoms with Gasteiger partial charge in [-0.15, -0.1) is 0 Å². The molecule has 5 nitrogen and oxygen atoms in total. The molecule has 0 aliphatic carbocycles. The molecule has 2 aromatic carbocycles. The zero-order valence-corrected chi connectivity index (χ0v) is 15.0. The minimum atomic E-state index is -1.32. The van der Waals surface area contributed by atoms with Gasteiger partial charge in [-0.2, -0.15) is 0 Å². The topological polar surface area (TPSA) is 70.6 Å². The summed E-state index contributed by atoms with van der Waals surface area (Å²) in [5, 5.41) is 11.1. The number of aliphatic hydroxyl groups is 1. The minimum absolute atomic E-state index is 0.100. The molecule has 0 bridgehead atoms. The van der Waals surface area contributed by atoms with E-state index in [0.29, 0.717) is 0 Å². The Hall–Kier alpha value is -2.58. The van der Waals surface area contributed by atoms with Crippen LogP contribution in [0.25, 0.3) is 0 Å². The number of amides is 1. The van der Waals surface area contributed by atoms with Gasteiger partial charge in [-0.1, -0.05) is 19.9 Å². The number of nitrogens with one attached hydrogen (secondary N) is 2. The van der Waals surface area contributed by atoms with Gasteiger partial charge in [-0.3, -0.25) is 9.63 Å². The molecule has 0 fully saturated rings. The van der Waals surface area contributed by atoms with Gasteiger partial charge >= 0.3 is 0 Å². The molecule has 1 unspecified atom stereocenters. The lowest BCUT2D eigenvalue weighted by atomic mass is 9.98. The second-order valence-corrected chi connectivity index (χ2v) is 5.96. The first-order valence-electron chi connectivity index (χ1n) is 8.46. The highest BCUT2D eigenvalue weighted by atomic mass is 19.2. The fourth-order valence-electron chi connectivity index (χ4n) is 2.39.